The normalized spacial score (nSPS) is 43.8. The highest BCUT2D eigenvalue weighted by Gasteiger charge is 2.77. The van der Waals surface area contributed by atoms with Gasteiger partial charge in [-0.1, -0.05) is 13.8 Å². The Hall–Kier alpha value is -0.880. The molecule has 4 unspecified atom stereocenters. The molecule has 4 atom stereocenters. The van der Waals surface area contributed by atoms with E-state index >= 15 is 0 Å². The lowest BCUT2D eigenvalue weighted by Crippen LogP contribution is -2.35. The first-order valence-corrected chi connectivity index (χ1v) is 7.35. The fourth-order valence-corrected chi connectivity index (χ4v) is 4.72. The molecule has 2 nitrogen and oxygen atoms in total. The van der Waals surface area contributed by atoms with Crippen LogP contribution >= 0.6 is 0 Å². The van der Waals surface area contributed by atoms with Crippen LogP contribution in [0.1, 0.15) is 53.4 Å². The summed E-state index contributed by atoms with van der Waals surface area (Å²) in [6.45, 7) is 8.97. The second kappa shape index (κ2) is 3.57. The third-order valence-electron chi connectivity index (χ3n) is 5.78. The summed E-state index contributed by atoms with van der Waals surface area (Å²) < 4.78 is 4.76. The van der Waals surface area contributed by atoms with Crippen LogP contribution in [0.3, 0.4) is 0 Å². The molecular weight excluding hydrogens is 222 g/mol. The first kappa shape index (κ1) is 12.2. The fraction of sp³-hybridized carbons (Fsp3) is 0.812. The molecule has 2 heteroatoms. The number of fused-ring (bicyclic) bond motifs is 1. The summed E-state index contributed by atoms with van der Waals surface area (Å²) in [5, 5.41) is 0. The molecule has 3 rings (SSSR count). The Bertz CT molecular complexity index is 469. The van der Waals surface area contributed by atoms with Crippen LogP contribution in [0, 0.1) is 28.6 Å². The van der Waals surface area contributed by atoms with E-state index in [0.717, 1.165) is 12.8 Å². The number of ketones is 1. The third-order valence-corrected chi connectivity index (χ3v) is 5.78. The van der Waals surface area contributed by atoms with Crippen molar-refractivity contribution in [3.8, 4) is 0 Å². The second-order valence-electron chi connectivity index (χ2n) is 7.18. The highest BCUT2D eigenvalue weighted by molar-refractivity contribution is 6.00. The molecule has 0 spiro atoms. The lowest BCUT2D eigenvalue weighted by Gasteiger charge is -2.28. The van der Waals surface area contributed by atoms with Gasteiger partial charge in [-0.2, -0.15) is 0 Å². The van der Waals surface area contributed by atoms with Crippen molar-refractivity contribution in [3.05, 3.63) is 0 Å². The van der Waals surface area contributed by atoms with Crippen molar-refractivity contribution in [2.45, 2.75) is 53.4 Å². The van der Waals surface area contributed by atoms with Gasteiger partial charge in [0.05, 0.1) is 11.3 Å². The molecule has 0 amide bonds. The molecule has 18 heavy (non-hydrogen) atoms. The summed E-state index contributed by atoms with van der Waals surface area (Å²) in [7, 11) is 0. The highest BCUT2D eigenvalue weighted by atomic mass is 16.1. The van der Waals surface area contributed by atoms with Crippen molar-refractivity contribution in [1.29, 1.82) is 0 Å². The van der Waals surface area contributed by atoms with E-state index in [0.29, 0.717) is 24.0 Å². The number of carbonyl (C=O) groups excluding carboxylic acids is 1. The van der Waals surface area contributed by atoms with Crippen LogP contribution in [0.25, 0.3) is 0 Å². The molecule has 2 fully saturated rings. The molecule has 0 radical (unpaired) electrons. The molecule has 0 aromatic rings. The minimum absolute atomic E-state index is 0.232. The molecule has 0 aromatic carbocycles. The number of carbonyl (C=O) groups is 1. The Morgan fingerprint density at radius 2 is 2.17 bits per heavy atom. The molecule has 0 bridgehead atoms. The zero-order valence-electron chi connectivity index (χ0n) is 12.0. The Labute approximate surface area is 110 Å². The zero-order chi connectivity index (χ0) is 13.1. The van der Waals surface area contributed by atoms with E-state index in [4.69, 9.17) is 4.67 Å². The van der Waals surface area contributed by atoms with E-state index in [2.05, 4.69) is 27.0 Å². The van der Waals surface area contributed by atoms with Crippen LogP contribution in [0.2, 0.25) is 0 Å². The molecular formula is C16H24NO+. The van der Waals surface area contributed by atoms with Gasteiger partial charge in [0.2, 0.25) is 0 Å². The third kappa shape index (κ3) is 1.36. The molecule has 3 aliphatic rings. The monoisotopic (exact) mass is 246 g/mol. The lowest BCUT2D eigenvalue weighted by atomic mass is 9.72. The quantitative estimate of drug-likeness (QED) is 0.689. The SMILES string of the molecule is CCC(=O)C1CCC=[N+]=C2C3C(CC2(C)C)C13C. The maximum atomic E-state index is 12.3. The van der Waals surface area contributed by atoms with Crippen molar-refractivity contribution in [2.24, 2.45) is 28.6 Å². The van der Waals surface area contributed by atoms with Crippen LogP contribution in [0.4, 0.5) is 0 Å². The Kier molecular flexibility index (Phi) is 2.41. The van der Waals surface area contributed by atoms with Crippen molar-refractivity contribution < 1.29 is 4.79 Å². The van der Waals surface area contributed by atoms with Gasteiger partial charge >= 0.3 is 0 Å². The van der Waals surface area contributed by atoms with Crippen molar-refractivity contribution in [1.82, 2.24) is 4.67 Å². The van der Waals surface area contributed by atoms with E-state index in [1.165, 1.54) is 12.1 Å². The van der Waals surface area contributed by atoms with Gasteiger partial charge in [0, 0.05) is 18.8 Å². The van der Waals surface area contributed by atoms with Gasteiger partial charge in [-0.15, -0.1) is 4.67 Å². The van der Waals surface area contributed by atoms with Crippen LogP contribution in [-0.4, -0.2) is 17.7 Å². The average molecular weight is 246 g/mol. The van der Waals surface area contributed by atoms with Gasteiger partial charge in [-0.05, 0) is 38.0 Å². The van der Waals surface area contributed by atoms with E-state index < -0.39 is 0 Å². The van der Waals surface area contributed by atoms with Crippen LogP contribution in [0.5, 0.6) is 0 Å². The summed E-state index contributed by atoms with van der Waals surface area (Å²) in [5.74, 6) is 2.04. The number of hydrogen-bond donors (Lipinski definition) is 0. The van der Waals surface area contributed by atoms with Gasteiger partial charge in [-0.3, -0.25) is 4.79 Å². The number of nitrogens with zero attached hydrogens (tertiary/aromatic N) is 1. The van der Waals surface area contributed by atoms with Gasteiger partial charge in [0.15, 0.2) is 0 Å². The van der Waals surface area contributed by atoms with E-state index in [-0.39, 0.29) is 16.7 Å². The van der Waals surface area contributed by atoms with Gasteiger partial charge in [0.1, 0.15) is 5.78 Å². The smallest absolute Gasteiger partial charge is 0.289 e. The van der Waals surface area contributed by atoms with Crippen LogP contribution in [0.15, 0.2) is 0 Å². The maximum Gasteiger partial charge on any atom is 0.289 e. The standard InChI is InChI=1S/C16H24NO/c1-5-12(18)10-7-6-8-17-14-13-11(16(10,13)4)9-15(14,2)3/h8,10-11,13H,5-7,9H2,1-4H3/q+1. The predicted molar refractivity (Wildman–Crippen MR) is 74.7 cm³/mol. The van der Waals surface area contributed by atoms with Gasteiger partial charge in [-0.25, -0.2) is 0 Å². The summed E-state index contributed by atoms with van der Waals surface area (Å²) in [6.07, 6.45) is 5.94. The van der Waals surface area contributed by atoms with Crippen LogP contribution in [-0.2, 0) is 4.79 Å². The first-order chi connectivity index (χ1) is 8.43. The first-order valence-electron chi connectivity index (χ1n) is 7.35. The number of hydrogen-bond acceptors (Lipinski definition) is 1. The molecule has 1 heterocycles. The molecule has 0 saturated heterocycles. The topological polar surface area (TPSA) is 31.2 Å². The zero-order valence-corrected chi connectivity index (χ0v) is 12.0. The highest BCUT2D eigenvalue weighted by Crippen LogP contribution is 2.73. The van der Waals surface area contributed by atoms with Crippen molar-refractivity contribution >= 4 is 17.7 Å². The summed E-state index contributed by atoms with van der Waals surface area (Å²) in [4.78, 5) is 12.3. The maximum absolute atomic E-state index is 12.3. The molecule has 1 aliphatic heterocycles. The van der Waals surface area contributed by atoms with Gasteiger partial charge in [0.25, 0.3) is 11.9 Å². The Balaban J connectivity index is 2.01. The van der Waals surface area contributed by atoms with E-state index in [1.807, 2.05) is 6.92 Å². The Morgan fingerprint density at radius 1 is 1.44 bits per heavy atom. The largest absolute Gasteiger partial charge is 0.299 e. The van der Waals surface area contributed by atoms with E-state index in [9.17, 15) is 4.79 Å². The van der Waals surface area contributed by atoms with Crippen molar-refractivity contribution in [2.75, 3.05) is 0 Å². The predicted octanol–water partition coefficient (Wildman–Crippen LogP) is 2.64. The van der Waals surface area contributed by atoms with Crippen LogP contribution < -0.4 is 4.67 Å². The minimum Gasteiger partial charge on any atom is -0.299 e. The number of rotatable bonds is 2. The van der Waals surface area contributed by atoms with Crippen molar-refractivity contribution in [3.63, 3.8) is 0 Å². The fourth-order valence-electron chi connectivity index (χ4n) is 4.72. The minimum atomic E-state index is 0.232. The number of Topliss-reactive ketones (excluding diaryl/α,β-unsaturated/α-hetero) is 1. The lowest BCUT2D eigenvalue weighted by molar-refractivity contribution is -0.125. The molecule has 2 aliphatic carbocycles. The molecule has 2 saturated carbocycles. The summed E-state index contributed by atoms with van der Waals surface area (Å²) in [5.41, 5.74) is 1.86. The molecule has 0 N–H and O–H groups in total. The molecule has 98 valence electrons. The molecule has 0 aromatic heterocycles. The average Bonchev–Trinajstić information content (AvgIpc) is 2.71. The Morgan fingerprint density at radius 3 is 2.83 bits per heavy atom. The summed E-state index contributed by atoms with van der Waals surface area (Å²) >= 11 is 0. The second-order valence-corrected chi connectivity index (χ2v) is 7.18. The van der Waals surface area contributed by atoms with E-state index in [1.54, 1.807) is 0 Å². The van der Waals surface area contributed by atoms with Gasteiger partial charge < -0.3 is 0 Å². The summed E-state index contributed by atoms with van der Waals surface area (Å²) in [6, 6.07) is 0.